The number of hydrogen-bond donors (Lipinski definition) is 2. The van der Waals surface area contributed by atoms with Crippen LogP contribution in [0.3, 0.4) is 0 Å². The molecule has 0 spiro atoms. The van der Waals surface area contributed by atoms with Crippen molar-refractivity contribution in [2.24, 2.45) is 11.8 Å². The van der Waals surface area contributed by atoms with Gasteiger partial charge < -0.3 is 20.1 Å². The Bertz CT molecular complexity index is 821. The minimum Gasteiger partial charge on any atom is -0.507 e. The number of fused-ring (bicyclic) bond motifs is 3. The molecule has 1 aromatic rings. The first-order valence-corrected chi connectivity index (χ1v) is 10.2. The van der Waals surface area contributed by atoms with Crippen LogP contribution in [0.25, 0.3) is 0 Å². The summed E-state index contributed by atoms with van der Waals surface area (Å²) in [6, 6.07) is 1.14. The van der Waals surface area contributed by atoms with E-state index in [1.54, 1.807) is 0 Å². The van der Waals surface area contributed by atoms with Crippen molar-refractivity contribution in [2.75, 3.05) is 27.2 Å². The van der Waals surface area contributed by atoms with Gasteiger partial charge in [0.15, 0.2) is 0 Å². The van der Waals surface area contributed by atoms with E-state index in [0.717, 1.165) is 25.3 Å². The van der Waals surface area contributed by atoms with Gasteiger partial charge in [-0.05, 0) is 52.6 Å². The lowest BCUT2D eigenvalue weighted by atomic mass is 9.64. The van der Waals surface area contributed by atoms with E-state index in [2.05, 4.69) is 12.2 Å². The smallest absolute Gasteiger partial charge is 0.312 e. The number of carbonyl (C=O) groups is 1. The van der Waals surface area contributed by atoms with Crippen molar-refractivity contribution in [3.63, 3.8) is 0 Å². The molecular weight excluding hydrogens is 374 g/mol. The molecule has 3 atom stereocenters. The van der Waals surface area contributed by atoms with Crippen LogP contribution >= 0.6 is 0 Å². The first-order valence-electron chi connectivity index (χ1n) is 10.2. The van der Waals surface area contributed by atoms with Gasteiger partial charge in [0.05, 0.1) is 10.5 Å². The van der Waals surface area contributed by atoms with Crippen LogP contribution in [0.5, 0.6) is 11.5 Å². The van der Waals surface area contributed by atoms with Crippen molar-refractivity contribution in [2.45, 2.75) is 51.6 Å². The third kappa shape index (κ3) is 4.03. The number of nitro groups is 1. The van der Waals surface area contributed by atoms with Gasteiger partial charge in [-0.2, -0.15) is 0 Å². The highest BCUT2D eigenvalue weighted by atomic mass is 16.6. The minimum atomic E-state index is -0.579. The maximum Gasteiger partial charge on any atom is 0.312 e. The molecule has 2 aliphatic rings. The van der Waals surface area contributed by atoms with Gasteiger partial charge in [-0.1, -0.05) is 13.3 Å². The first-order chi connectivity index (χ1) is 13.5. The van der Waals surface area contributed by atoms with Crippen LogP contribution in [0.15, 0.2) is 6.07 Å². The summed E-state index contributed by atoms with van der Waals surface area (Å²) in [5.74, 6) is -0.103. The number of aromatic hydroxyl groups is 1. The highest BCUT2D eigenvalue weighted by molar-refractivity contribution is 5.99. The van der Waals surface area contributed by atoms with Gasteiger partial charge in [0.2, 0.25) is 5.75 Å². The Morgan fingerprint density at radius 2 is 2.10 bits per heavy atom. The topological polar surface area (TPSA) is 105 Å². The number of likely N-dealkylation sites (N-methyl/N-ethyl adjacent to an activating group) is 1. The molecule has 160 valence electrons. The summed E-state index contributed by atoms with van der Waals surface area (Å²) < 4.78 is 6.10. The number of rotatable bonds is 5. The zero-order valence-electron chi connectivity index (χ0n) is 17.8. The van der Waals surface area contributed by atoms with Gasteiger partial charge in [-0.25, -0.2) is 0 Å². The third-order valence-corrected chi connectivity index (χ3v) is 6.30. The average molecular weight is 405 g/mol. The number of ether oxygens (including phenoxy) is 1. The van der Waals surface area contributed by atoms with Crippen LogP contribution in [0.4, 0.5) is 5.69 Å². The number of carbonyl (C=O) groups excluding carboxylic acids is 1. The van der Waals surface area contributed by atoms with E-state index in [-0.39, 0.29) is 34.6 Å². The standard InChI is InChI=1S/C21H31N3O5/c1-12-6-7-15-13(10-12)17-18(25)14(20(26)22-8-9-23(4)5)11-16(24(27)28)19(17)29-21(15,2)3/h11-13,15,25H,6-10H2,1-5H3,(H,22,26)/t12-,13-,15-/m1/s1. The summed E-state index contributed by atoms with van der Waals surface area (Å²) in [5, 5.41) is 25.6. The Kier molecular flexibility index (Phi) is 5.76. The highest BCUT2D eigenvalue weighted by Gasteiger charge is 2.50. The molecule has 0 aromatic heterocycles. The molecule has 2 N–H and O–H groups in total. The summed E-state index contributed by atoms with van der Waals surface area (Å²) in [6.45, 7) is 7.06. The number of phenolic OH excluding ortho intramolecular Hbond substituents is 1. The lowest BCUT2D eigenvalue weighted by Gasteiger charge is -2.48. The lowest BCUT2D eigenvalue weighted by molar-refractivity contribution is -0.386. The predicted molar refractivity (Wildman–Crippen MR) is 110 cm³/mol. The Labute approximate surface area is 171 Å². The monoisotopic (exact) mass is 405 g/mol. The molecular formula is C21H31N3O5. The van der Waals surface area contributed by atoms with Crippen molar-refractivity contribution in [1.29, 1.82) is 0 Å². The minimum absolute atomic E-state index is 0.0607. The highest BCUT2D eigenvalue weighted by Crippen LogP contribution is 2.58. The van der Waals surface area contributed by atoms with E-state index in [1.807, 2.05) is 32.8 Å². The van der Waals surface area contributed by atoms with E-state index in [4.69, 9.17) is 4.74 Å². The largest absolute Gasteiger partial charge is 0.507 e. The van der Waals surface area contributed by atoms with Crippen LogP contribution < -0.4 is 10.1 Å². The fraction of sp³-hybridized carbons (Fsp3) is 0.667. The maximum atomic E-state index is 12.7. The second kappa shape index (κ2) is 7.82. The zero-order chi connectivity index (χ0) is 21.5. The van der Waals surface area contributed by atoms with Gasteiger partial charge in [0.1, 0.15) is 11.4 Å². The van der Waals surface area contributed by atoms with Crippen LogP contribution in [0.2, 0.25) is 0 Å². The number of amides is 1. The Morgan fingerprint density at radius 3 is 2.72 bits per heavy atom. The summed E-state index contributed by atoms with van der Waals surface area (Å²) in [5.41, 5.74) is -0.479. The SMILES string of the molecule is C[C@@H]1CC[C@@H]2[C@@H](C1)c1c(O)c(C(=O)NCCN(C)C)cc([N+](=O)[O-])c1OC2(C)C. The first kappa shape index (κ1) is 21.4. The lowest BCUT2D eigenvalue weighted by Crippen LogP contribution is -2.47. The molecule has 0 radical (unpaired) electrons. The fourth-order valence-electron chi connectivity index (χ4n) is 4.78. The molecule has 1 aliphatic heterocycles. The molecule has 8 heteroatoms. The van der Waals surface area contributed by atoms with Crippen LogP contribution in [0, 0.1) is 22.0 Å². The van der Waals surface area contributed by atoms with E-state index in [1.165, 1.54) is 0 Å². The van der Waals surface area contributed by atoms with E-state index < -0.39 is 16.4 Å². The molecule has 0 saturated heterocycles. The van der Waals surface area contributed by atoms with Crippen molar-refractivity contribution in [1.82, 2.24) is 10.2 Å². The van der Waals surface area contributed by atoms with Crippen molar-refractivity contribution in [3.05, 3.63) is 27.3 Å². The van der Waals surface area contributed by atoms with Gasteiger partial charge >= 0.3 is 5.69 Å². The fourth-order valence-corrected chi connectivity index (χ4v) is 4.78. The number of nitrogens with one attached hydrogen (secondary N) is 1. The number of nitrogens with zero attached hydrogens (tertiary/aromatic N) is 2. The van der Waals surface area contributed by atoms with Crippen molar-refractivity contribution >= 4 is 11.6 Å². The number of hydrogen-bond acceptors (Lipinski definition) is 6. The summed E-state index contributed by atoms with van der Waals surface area (Å²) in [6.07, 6.45) is 2.78. The average Bonchev–Trinajstić information content (AvgIpc) is 2.60. The van der Waals surface area contributed by atoms with E-state index in [0.29, 0.717) is 24.6 Å². The maximum absolute atomic E-state index is 12.7. The molecule has 1 amide bonds. The Hall–Kier alpha value is -2.35. The molecule has 1 aromatic carbocycles. The van der Waals surface area contributed by atoms with Gasteiger partial charge in [0.25, 0.3) is 5.91 Å². The molecule has 1 aliphatic carbocycles. The molecule has 1 saturated carbocycles. The van der Waals surface area contributed by atoms with Crippen LogP contribution in [-0.4, -0.2) is 53.6 Å². The molecule has 29 heavy (non-hydrogen) atoms. The van der Waals surface area contributed by atoms with Crippen molar-refractivity contribution in [3.8, 4) is 11.5 Å². The number of benzene rings is 1. The van der Waals surface area contributed by atoms with E-state index >= 15 is 0 Å². The molecule has 0 bridgehead atoms. The third-order valence-electron chi connectivity index (χ3n) is 6.30. The second-order valence-electron chi connectivity index (χ2n) is 9.19. The van der Waals surface area contributed by atoms with Crippen LogP contribution in [-0.2, 0) is 0 Å². The second-order valence-corrected chi connectivity index (χ2v) is 9.19. The molecule has 1 heterocycles. The molecule has 1 fully saturated rings. The van der Waals surface area contributed by atoms with E-state index in [9.17, 15) is 20.0 Å². The summed E-state index contributed by atoms with van der Waals surface area (Å²) in [4.78, 5) is 25.9. The quantitative estimate of drug-likeness (QED) is 0.575. The van der Waals surface area contributed by atoms with Crippen LogP contribution in [0.1, 0.15) is 61.9 Å². The normalized spacial score (nSPS) is 25.0. The van der Waals surface area contributed by atoms with Gasteiger partial charge in [0, 0.05) is 30.6 Å². The molecule has 0 unspecified atom stereocenters. The van der Waals surface area contributed by atoms with Crippen molar-refractivity contribution < 1.29 is 19.6 Å². The van der Waals surface area contributed by atoms with Gasteiger partial charge in [-0.15, -0.1) is 0 Å². The molecule has 8 nitrogen and oxygen atoms in total. The zero-order valence-corrected chi connectivity index (χ0v) is 17.8. The Morgan fingerprint density at radius 1 is 1.41 bits per heavy atom. The molecule has 3 rings (SSSR count). The summed E-state index contributed by atoms with van der Waals surface area (Å²) in [7, 11) is 3.77. The summed E-state index contributed by atoms with van der Waals surface area (Å²) >= 11 is 0. The predicted octanol–water partition coefficient (Wildman–Crippen LogP) is 3.28. The number of nitro benzene ring substituents is 1. The van der Waals surface area contributed by atoms with Gasteiger partial charge in [-0.3, -0.25) is 14.9 Å². The Balaban J connectivity index is 2.09. The number of phenols is 1.